The average Bonchev–Trinajstić information content (AvgIpc) is 2.73. The van der Waals surface area contributed by atoms with Crippen LogP contribution in [0.2, 0.25) is 0 Å². The highest BCUT2D eigenvalue weighted by Crippen LogP contribution is 2.15. The predicted octanol–water partition coefficient (Wildman–Crippen LogP) is 3.48. The molecule has 0 atom stereocenters. The van der Waals surface area contributed by atoms with Gasteiger partial charge in [-0.25, -0.2) is 5.43 Å². The fourth-order valence-electron chi connectivity index (χ4n) is 2.61. The monoisotopic (exact) mass is 403 g/mol. The first-order chi connectivity index (χ1) is 14.5. The number of nitrogens with one attached hydrogen (secondary N) is 2. The molecular weight excluding hydrogens is 382 g/mol. The van der Waals surface area contributed by atoms with Gasteiger partial charge in [0, 0.05) is 5.69 Å². The number of anilines is 1. The number of carbonyl (C=O) groups is 2. The van der Waals surface area contributed by atoms with E-state index >= 15 is 0 Å². The van der Waals surface area contributed by atoms with Crippen LogP contribution in [0.5, 0.6) is 11.5 Å². The fourth-order valence-corrected chi connectivity index (χ4v) is 2.61. The summed E-state index contributed by atoms with van der Waals surface area (Å²) in [6, 6.07) is 20.6. The molecular formula is C23H21N3O4. The van der Waals surface area contributed by atoms with Crippen LogP contribution < -0.4 is 15.5 Å². The largest absolute Gasteiger partial charge is 0.507 e. The first-order valence-corrected chi connectivity index (χ1v) is 9.22. The topological polar surface area (TPSA) is 100 Å². The zero-order valence-corrected chi connectivity index (χ0v) is 16.3. The van der Waals surface area contributed by atoms with Gasteiger partial charge in [-0.1, -0.05) is 24.3 Å². The zero-order valence-electron chi connectivity index (χ0n) is 16.3. The fraction of sp³-hybridized carbons (Fsp3) is 0.0870. The lowest BCUT2D eigenvalue weighted by atomic mass is 10.2. The highest BCUT2D eigenvalue weighted by molar-refractivity contribution is 5.97. The van der Waals surface area contributed by atoms with Gasteiger partial charge in [-0.05, 0) is 66.6 Å². The minimum atomic E-state index is -0.510. The Kier molecular flexibility index (Phi) is 6.78. The lowest BCUT2D eigenvalue weighted by molar-refractivity contribution is -0.118. The van der Waals surface area contributed by atoms with E-state index in [9.17, 15) is 14.7 Å². The number of para-hydroxylation sites is 1. The number of hydrogen-bond acceptors (Lipinski definition) is 5. The van der Waals surface area contributed by atoms with E-state index in [1.807, 2.05) is 31.2 Å². The Morgan fingerprint density at radius 2 is 1.80 bits per heavy atom. The summed E-state index contributed by atoms with van der Waals surface area (Å²) >= 11 is 0. The third kappa shape index (κ3) is 5.93. The molecule has 0 saturated carbocycles. The van der Waals surface area contributed by atoms with Gasteiger partial charge >= 0.3 is 0 Å². The van der Waals surface area contributed by atoms with E-state index in [0.717, 1.165) is 16.8 Å². The molecule has 7 nitrogen and oxygen atoms in total. The summed E-state index contributed by atoms with van der Waals surface area (Å²) in [7, 11) is 0. The van der Waals surface area contributed by atoms with E-state index < -0.39 is 5.91 Å². The van der Waals surface area contributed by atoms with E-state index in [2.05, 4.69) is 15.8 Å². The highest BCUT2D eigenvalue weighted by Gasteiger charge is 2.08. The maximum Gasteiger partial charge on any atom is 0.275 e. The Morgan fingerprint density at radius 3 is 2.53 bits per heavy atom. The number of phenols is 1. The zero-order chi connectivity index (χ0) is 21.3. The van der Waals surface area contributed by atoms with E-state index in [1.54, 1.807) is 36.4 Å². The van der Waals surface area contributed by atoms with Crippen molar-refractivity contribution in [2.75, 3.05) is 11.9 Å². The summed E-state index contributed by atoms with van der Waals surface area (Å²) in [6.45, 7) is 1.84. The number of ether oxygens (including phenoxy) is 1. The molecule has 0 spiro atoms. The number of benzene rings is 3. The maximum absolute atomic E-state index is 12.0. The Hall–Kier alpha value is -4.13. The van der Waals surface area contributed by atoms with Gasteiger partial charge in [0.15, 0.2) is 6.61 Å². The standard InChI is InChI=1S/C23H21N3O4/c1-16-5-4-6-18(13-16)25-22(28)15-30-19-11-9-17(10-12-19)14-24-26-23(29)20-7-2-3-8-21(20)27/h2-14,27H,15H2,1H3,(H,25,28)(H,26,29)/b24-14+. The number of phenolic OH excluding ortho intramolecular Hbond substituents is 1. The molecule has 0 heterocycles. The van der Waals surface area contributed by atoms with Crippen LogP contribution in [-0.4, -0.2) is 29.7 Å². The maximum atomic E-state index is 12.0. The van der Waals surface area contributed by atoms with Crippen LogP contribution in [0.4, 0.5) is 5.69 Å². The van der Waals surface area contributed by atoms with Crippen molar-refractivity contribution in [2.45, 2.75) is 6.92 Å². The van der Waals surface area contributed by atoms with E-state index in [1.165, 1.54) is 18.3 Å². The van der Waals surface area contributed by atoms with Gasteiger partial charge in [-0.2, -0.15) is 5.10 Å². The predicted molar refractivity (Wildman–Crippen MR) is 115 cm³/mol. The van der Waals surface area contributed by atoms with Crippen molar-refractivity contribution >= 4 is 23.7 Å². The Balaban J connectivity index is 1.47. The SMILES string of the molecule is Cc1cccc(NC(=O)COc2ccc(/C=N/NC(=O)c3ccccc3O)cc2)c1. The third-order valence-corrected chi connectivity index (χ3v) is 4.08. The van der Waals surface area contributed by atoms with Crippen molar-refractivity contribution in [1.29, 1.82) is 0 Å². The number of carbonyl (C=O) groups excluding carboxylic acids is 2. The van der Waals surface area contributed by atoms with Crippen LogP contribution in [-0.2, 0) is 4.79 Å². The van der Waals surface area contributed by atoms with E-state index in [-0.39, 0.29) is 23.8 Å². The quantitative estimate of drug-likeness (QED) is 0.415. The lowest BCUT2D eigenvalue weighted by Crippen LogP contribution is -2.20. The molecule has 7 heteroatoms. The molecule has 0 aliphatic carbocycles. The number of aryl methyl sites for hydroxylation is 1. The van der Waals surface area contributed by atoms with E-state index in [0.29, 0.717) is 5.75 Å². The molecule has 0 aliphatic heterocycles. The van der Waals surface area contributed by atoms with Gasteiger partial charge in [0.25, 0.3) is 11.8 Å². The van der Waals surface area contributed by atoms with Crippen LogP contribution in [0.1, 0.15) is 21.5 Å². The van der Waals surface area contributed by atoms with Gasteiger partial charge in [0.1, 0.15) is 11.5 Å². The summed E-state index contributed by atoms with van der Waals surface area (Å²) in [6.07, 6.45) is 1.46. The summed E-state index contributed by atoms with van der Waals surface area (Å²) in [4.78, 5) is 24.0. The molecule has 3 N–H and O–H groups in total. The second-order valence-corrected chi connectivity index (χ2v) is 6.49. The molecule has 2 amide bonds. The lowest BCUT2D eigenvalue weighted by Gasteiger charge is -2.08. The van der Waals surface area contributed by atoms with Crippen LogP contribution in [0, 0.1) is 6.92 Å². The average molecular weight is 403 g/mol. The first-order valence-electron chi connectivity index (χ1n) is 9.22. The smallest absolute Gasteiger partial charge is 0.275 e. The minimum absolute atomic E-state index is 0.113. The van der Waals surface area contributed by atoms with Crippen LogP contribution in [0.15, 0.2) is 77.9 Å². The van der Waals surface area contributed by atoms with E-state index in [4.69, 9.17) is 4.74 Å². The van der Waals surface area contributed by atoms with Gasteiger partial charge in [0.2, 0.25) is 0 Å². The molecule has 0 radical (unpaired) electrons. The molecule has 0 bridgehead atoms. The molecule has 152 valence electrons. The summed E-state index contributed by atoms with van der Waals surface area (Å²) in [5, 5.41) is 16.3. The van der Waals surface area contributed by atoms with Crippen molar-refractivity contribution in [1.82, 2.24) is 5.43 Å². The first kappa shape index (κ1) is 20.6. The van der Waals surface area contributed by atoms with Crippen LogP contribution in [0.25, 0.3) is 0 Å². The summed E-state index contributed by atoms with van der Waals surface area (Å²) in [5.74, 6) is -0.343. The molecule has 3 aromatic rings. The number of hydrazone groups is 1. The molecule has 0 unspecified atom stereocenters. The normalized spacial score (nSPS) is 10.6. The van der Waals surface area contributed by atoms with Crippen LogP contribution >= 0.6 is 0 Å². The van der Waals surface area contributed by atoms with Crippen molar-refractivity contribution < 1.29 is 19.4 Å². The van der Waals surface area contributed by atoms with Crippen molar-refractivity contribution in [3.8, 4) is 11.5 Å². The van der Waals surface area contributed by atoms with Crippen molar-refractivity contribution in [3.63, 3.8) is 0 Å². The van der Waals surface area contributed by atoms with Crippen molar-refractivity contribution in [2.24, 2.45) is 5.10 Å². The van der Waals surface area contributed by atoms with Crippen molar-refractivity contribution in [3.05, 3.63) is 89.5 Å². The molecule has 0 aliphatic rings. The Labute approximate surface area is 174 Å². The summed E-state index contributed by atoms with van der Waals surface area (Å²) < 4.78 is 5.48. The molecule has 3 aromatic carbocycles. The second-order valence-electron chi connectivity index (χ2n) is 6.49. The molecule has 30 heavy (non-hydrogen) atoms. The molecule has 0 aromatic heterocycles. The van der Waals surface area contributed by atoms with Crippen LogP contribution in [0.3, 0.4) is 0 Å². The Morgan fingerprint density at radius 1 is 1.03 bits per heavy atom. The van der Waals surface area contributed by atoms with Gasteiger partial charge in [-0.15, -0.1) is 0 Å². The second kappa shape index (κ2) is 9.88. The van der Waals surface area contributed by atoms with Gasteiger partial charge in [0.05, 0.1) is 11.8 Å². The number of nitrogens with zero attached hydrogens (tertiary/aromatic N) is 1. The number of amides is 2. The number of hydrogen-bond donors (Lipinski definition) is 3. The molecule has 0 saturated heterocycles. The number of rotatable bonds is 7. The third-order valence-electron chi connectivity index (χ3n) is 4.08. The minimum Gasteiger partial charge on any atom is -0.507 e. The van der Waals surface area contributed by atoms with Gasteiger partial charge < -0.3 is 15.2 Å². The number of aromatic hydroxyl groups is 1. The molecule has 3 rings (SSSR count). The molecule has 0 fully saturated rings. The summed E-state index contributed by atoms with van der Waals surface area (Å²) in [5.41, 5.74) is 5.00. The highest BCUT2D eigenvalue weighted by atomic mass is 16.5. The van der Waals surface area contributed by atoms with Gasteiger partial charge in [-0.3, -0.25) is 9.59 Å². The Bertz CT molecular complexity index is 1060.